The van der Waals surface area contributed by atoms with Gasteiger partial charge in [-0.05, 0) is 43.6 Å². The lowest BCUT2D eigenvalue weighted by atomic mass is 9.95. The number of aryl methyl sites for hydroxylation is 1. The van der Waals surface area contributed by atoms with E-state index in [0.29, 0.717) is 12.5 Å². The first-order valence-electron chi connectivity index (χ1n) is 7.58. The van der Waals surface area contributed by atoms with Crippen molar-refractivity contribution in [2.24, 2.45) is 0 Å². The molecule has 20 heavy (non-hydrogen) atoms. The van der Waals surface area contributed by atoms with Gasteiger partial charge in [-0.1, -0.05) is 19.4 Å². The number of nitrogens with zero attached hydrogens (tertiary/aromatic N) is 1. The van der Waals surface area contributed by atoms with Gasteiger partial charge in [0, 0.05) is 29.6 Å². The average Bonchev–Trinajstić information content (AvgIpc) is 2.47. The van der Waals surface area contributed by atoms with Gasteiger partial charge in [-0.25, -0.2) is 0 Å². The van der Waals surface area contributed by atoms with E-state index < -0.39 is 0 Å². The third kappa shape index (κ3) is 5.16. The van der Waals surface area contributed by atoms with E-state index in [1.54, 1.807) is 6.20 Å². The zero-order chi connectivity index (χ0) is 14.2. The lowest BCUT2D eigenvalue weighted by molar-refractivity contribution is -0.121. The molecule has 110 valence electrons. The molecule has 1 fully saturated rings. The maximum Gasteiger partial charge on any atom is 0.220 e. The summed E-state index contributed by atoms with van der Waals surface area (Å²) in [5.74, 6) is 1.34. The molecule has 1 aromatic heterocycles. The third-order valence-electron chi connectivity index (χ3n) is 3.73. The Morgan fingerprint density at radius 3 is 3.10 bits per heavy atom. The molecule has 1 N–H and O–H groups in total. The van der Waals surface area contributed by atoms with Crippen molar-refractivity contribution < 1.29 is 4.79 Å². The molecule has 0 radical (unpaired) electrons. The third-order valence-corrected chi connectivity index (χ3v) is 4.96. The van der Waals surface area contributed by atoms with Gasteiger partial charge in [0.25, 0.3) is 0 Å². The van der Waals surface area contributed by atoms with Crippen molar-refractivity contribution in [2.45, 2.75) is 56.7 Å². The molecule has 0 bridgehead atoms. The molecular weight excluding hydrogens is 268 g/mol. The van der Waals surface area contributed by atoms with Crippen LogP contribution < -0.4 is 5.32 Å². The van der Waals surface area contributed by atoms with Crippen LogP contribution in [0.15, 0.2) is 24.4 Å². The summed E-state index contributed by atoms with van der Waals surface area (Å²) in [6.07, 6.45) is 7.86. The Kier molecular flexibility index (Phi) is 6.37. The average molecular weight is 292 g/mol. The van der Waals surface area contributed by atoms with E-state index in [1.165, 1.54) is 18.6 Å². The molecule has 0 spiro atoms. The minimum absolute atomic E-state index is 0.169. The van der Waals surface area contributed by atoms with Crippen LogP contribution in [0.2, 0.25) is 0 Å². The standard InChI is InChI=1S/C16H24N2OS/c1-2-20-15-8-5-7-14(12-15)18-16(19)10-9-13-6-3-4-11-17-13/h3-4,6,11,14-15H,2,5,7-10,12H2,1H3,(H,18,19)/t14-,15-/m1/s1. The summed E-state index contributed by atoms with van der Waals surface area (Å²) in [4.78, 5) is 16.3. The second kappa shape index (κ2) is 8.30. The van der Waals surface area contributed by atoms with Gasteiger partial charge in [-0.3, -0.25) is 9.78 Å². The Morgan fingerprint density at radius 2 is 2.35 bits per heavy atom. The number of nitrogens with one attached hydrogen (secondary N) is 1. The van der Waals surface area contributed by atoms with Crippen molar-refractivity contribution in [2.75, 3.05) is 5.75 Å². The fraction of sp³-hybridized carbons (Fsp3) is 0.625. The first-order chi connectivity index (χ1) is 9.78. The highest BCUT2D eigenvalue weighted by atomic mass is 32.2. The summed E-state index contributed by atoms with van der Waals surface area (Å²) in [6, 6.07) is 6.22. The number of rotatable bonds is 6. The molecule has 2 atom stereocenters. The zero-order valence-electron chi connectivity index (χ0n) is 12.2. The Labute approximate surface area is 125 Å². The number of carbonyl (C=O) groups excluding carboxylic acids is 1. The quantitative estimate of drug-likeness (QED) is 0.875. The van der Waals surface area contributed by atoms with E-state index >= 15 is 0 Å². The van der Waals surface area contributed by atoms with Crippen LogP contribution in [0.4, 0.5) is 0 Å². The highest BCUT2D eigenvalue weighted by Crippen LogP contribution is 2.28. The second-order valence-electron chi connectivity index (χ2n) is 5.33. The van der Waals surface area contributed by atoms with Crippen molar-refractivity contribution in [3.8, 4) is 0 Å². The molecule has 1 aliphatic rings. The minimum Gasteiger partial charge on any atom is -0.353 e. The molecule has 1 saturated carbocycles. The summed E-state index contributed by atoms with van der Waals surface area (Å²) in [5, 5.41) is 3.93. The largest absolute Gasteiger partial charge is 0.353 e. The lowest BCUT2D eigenvalue weighted by Gasteiger charge is -2.29. The fourth-order valence-corrected chi connectivity index (χ4v) is 3.92. The van der Waals surface area contributed by atoms with E-state index in [9.17, 15) is 4.79 Å². The molecule has 4 heteroatoms. The van der Waals surface area contributed by atoms with Crippen LogP contribution in [0, 0.1) is 0 Å². The van der Waals surface area contributed by atoms with Gasteiger partial charge >= 0.3 is 0 Å². The molecule has 0 unspecified atom stereocenters. The first kappa shape index (κ1) is 15.4. The SMILES string of the molecule is CCS[C@@H]1CCC[C@@H](NC(=O)CCc2ccccn2)C1. The van der Waals surface area contributed by atoms with Crippen LogP contribution in [0.3, 0.4) is 0 Å². The molecular formula is C16H24N2OS. The van der Waals surface area contributed by atoms with Crippen molar-refractivity contribution in [3.05, 3.63) is 30.1 Å². The number of thioether (sulfide) groups is 1. The van der Waals surface area contributed by atoms with E-state index in [4.69, 9.17) is 0 Å². The van der Waals surface area contributed by atoms with Crippen LogP contribution >= 0.6 is 11.8 Å². The van der Waals surface area contributed by atoms with Crippen molar-refractivity contribution >= 4 is 17.7 Å². The summed E-state index contributed by atoms with van der Waals surface area (Å²) in [6.45, 7) is 2.21. The molecule has 0 saturated heterocycles. The molecule has 3 nitrogen and oxygen atoms in total. The summed E-state index contributed by atoms with van der Waals surface area (Å²) in [5.41, 5.74) is 0.991. The molecule has 0 aliphatic heterocycles. The highest BCUT2D eigenvalue weighted by molar-refractivity contribution is 7.99. The number of aromatic nitrogens is 1. The van der Waals surface area contributed by atoms with Gasteiger partial charge < -0.3 is 5.32 Å². The Hall–Kier alpha value is -1.03. The maximum atomic E-state index is 12.0. The number of amides is 1. The first-order valence-corrected chi connectivity index (χ1v) is 8.63. The fourth-order valence-electron chi connectivity index (χ4n) is 2.75. The minimum atomic E-state index is 0.169. The van der Waals surface area contributed by atoms with Crippen LogP contribution in [-0.2, 0) is 11.2 Å². The summed E-state index contributed by atoms with van der Waals surface area (Å²) in [7, 11) is 0. The zero-order valence-corrected chi connectivity index (χ0v) is 13.0. The van der Waals surface area contributed by atoms with Gasteiger partial charge in [-0.15, -0.1) is 0 Å². The van der Waals surface area contributed by atoms with E-state index in [-0.39, 0.29) is 5.91 Å². The molecule has 1 aromatic rings. The Morgan fingerprint density at radius 1 is 1.45 bits per heavy atom. The van der Waals surface area contributed by atoms with Gasteiger partial charge in [0.1, 0.15) is 0 Å². The monoisotopic (exact) mass is 292 g/mol. The summed E-state index contributed by atoms with van der Waals surface area (Å²) < 4.78 is 0. The number of carbonyl (C=O) groups is 1. The smallest absolute Gasteiger partial charge is 0.220 e. The van der Waals surface area contributed by atoms with E-state index in [2.05, 4.69) is 17.2 Å². The van der Waals surface area contributed by atoms with Gasteiger partial charge in [0.15, 0.2) is 0 Å². The lowest BCUT2D eigenvalue weighted by Crippen LogP contribution is -2.39. The van der Waals surface area contributed by atoms with Crippen LogP contribution in [0.1, 0.15) is 44.7 Å². The van der Waals surface area contributed by atoms with Crippen LogP contribution in [0.25, 0.3) is 0 Å². The predicted molar refractivity (Wildman–Crippen MR) is 84.9 cm³/mol. The Balaban J connectivity index is 1.71. The molecule has 0 aromatic carbocycles. The Bertz CT molecular complexity index is 408. The van der Waals surface area contributed by atoms with E-state index in [1.807, 2.05) is 30.0 Å². The van der Waals surface area contributed by atoms with Crippen molar-refractivity contribution in [3.63, 3.8) is 0 Å². The van der Waals surface area contributed by atoms with Crippen molar-refractivity contribution in [1.29, 1.82) is 0 Å². The molecule has 1 amide bonds. The maximum absolute atomic E-state index is 12.0. The number of hydrogen-bond acceptors (Lipinski definition) is 3. The van der Waals surface area contributed by atoms with Gasteiger partial charge in [0.2, 0.25) is 5.91 Å². The van der Waals surface area contributed by atoms with Crippen LogP contribution in [0.5, 0.6) is 0 Å². The molecule has 1 aliphatic carbocycles. The topological polar surface area (TPSA) is 42.0 Å². The highest BCUT2D eigenvalue weighted by Gasteiger charge is 2.22. The number of hydrogen-bond donors (Lipinski definition) is 1. The summed E-state index contributed by atoms with van der Waals surface area (Å²) >= 11 is 2.03. The van der Waals surface area contributed by atoms with Crippen molar-refractivity contribution in [1.82, 2.24) is 10.3 Å². The number of pyridine rings is 1. The van der Waals surface area contributed by atoms with Gasteiger partial charge in [0.05, 0.1) is 0 Å². The van der Waals surface area contributed by atoms with Gasteiger partial charge in [-0.2, -0.15) is 11.8 Å². The molecule has 1 heterocycles. The normalized spacial score (nSPS) is 22.4. The second-order valence-corrected chi connectivity index (χ2v) is 6.91. The molecule has 2 rings (SSSR count). The van der Waals surface area contributed by atoms with Crippen LogP contribution in [-0.4, -0.2) is 27.9 Å². The van der Waals surface area contributed by atoms with E-state index in [0.717, 1.165) is 30.2 Å². The predicted octanol–water partition coefficient (Wildman–Crippen LogP) is 3.19.